The smallest absolute Gasteiger partial charge is 0.131 e. The SMILES string of the molecule is CNCc1nnc(Cc2cccc(Cl)c2)s1. The maximum Gasteiger partial charge on any atom is 0.131 e. The average Bonchev–Trinajstić information content (AvgIpc) is 2.66. The quantitative estimate of drug-likeness (QED) is 0.910. The zero-order valence-electron chi connectivity index (χ0n) is 8.90. The van der Waals surface area contributed by atoms with Gasteiger partial charge in [0.2, 0.25) is 0 Å². The van der Waals surface area contributed by atoms with Gasteiger partial charge in [0.25, 0.3) is 0 Å². The highest BCUT2D eigenvalue weighted by Crippen LogP contribution is 2.17. The molecule has 0 atom stereocenters. The van der Waals surface area contributed by atoms with Gasteiger partial charge in [0, 0.05) is 18.0 Å². The third kappa shape index (κ3) is 3.01. The maximum absolute atomic E-state index is 5.92. The number of hydrogen-bond donors (Lipinski definition) is 1. The van der Waals surface area contributed by atoms with Gasteiger partial charge in [0.05, 0.1) is 0 Å². The second kappa shape index (κ2) is 5.39. The molecule has 1 aromatic heterocycles. The van der Waals surface area contributed by atoms with Crippen LogP contribution in [0.5, 0.6) is 0 Å². The van der Waals surface area contributed by atoms with Crippen LogP contribution >= 0.6 is 22.9 Å². The number of rotatable bonds is 4. The Morgan fingerprint density at radius 2 is 2.12 bits per heavy atom. The lowest BCUT2D eigenvalue weighted by Gasteiger charge is -1.97. The number of aromatic nitrogens is 2. The molecule has 3 nitrogen and oxygen atoms in total. The van der Waals surface area contributed by atoms with Crippen LogP contribution in [0.4, 0.5) is 0 Å². The van der Waals surface area contributed by atoms with Gasteiger partial charge in [-0.2, -0.15) is 0 Å². The molecular formula is C11H12ClN3S. The molecule has 0 saturated carbocycles. The van der Waals surface area contributed by atoms with Gasteiger partial charge < -0.3 is 5.32 Å². The minimum atomic E-state index is 0.762. The van der Waals surface area contributed by atoms with Gasteiger partial charge in [-0.05, 0) is 24.7 Å². The van der Waals surface area contributed by atoms with Gasteiger partial charge >= 0.3 is 0 Å². The average molecular weight is 254 g/mol. The van der Waals surface area contributed by atoms with Gasteiger partial charge in [0.15, 0.2) is 0 Å². The molecule has 2 rings (SSSR count). The number of hydrogen-bond acceptors (Lipinski definition) is 4. The molecule has 1 N–H and O–H groups in total. The predicted octanol–water partition coefficient (Wildman–Crippen LogP) is 2.50. The van der Waals surface area contributed by atoms with Crippen molar-refractivity contribution >= 4 is 22.9 Å². The molecule has 0 aliphatic rings. The van der Waals surface area contributed by atoms with Crippen LogP contribution < -0.4 is 5.32 Å². The normalized spacial score (nSPS) is 10.6. The summed E-state index contributed by atoms with van der Waals surface area (Å²) in [6.07, 6.45) is 0.794. The van der Waals surface area contributed by atoms with Crippen LogP contribution in [0.15, 0.2) is 24.3 Å². The topological polar surface area (TPSA) is 37.8 Å². The fraction of sp³-hybridized carbons (Fsp3) is 0.273. The van der Waals surface area contributed by atoms with E-state index in [4.69, 9.17) is 11.6 Å². The molecule has 1 heterocycles. The van der Waals surface area contributed by atoms with Crippen molar-refractivity contribution in [3.05, 3.63) is 44.9 Å². The van der Waals surface area contributed by atoms with E-state index in [0.717, 1.165) is 28.0 Å². The molecule has 84 valence electrons. The lowest BCUT2D eigenvalue weighted by molar-refractivity contribution is 0.791. The molecule has 0 aliphatic heterocycles. The van der Waals surface area contributed by atoms with E-state index in [9.17, 15) is 0 Å². The summed E-state index contributed by atoms with van der Waals surface area (Å²) in [6, 6.07) is 7.83. The van der Waals surface area contributed by atoms with Crippen LogP contribution in [0.25, 0.3) is 0 Å². The van der Waals surface area contributed by atoms with E-state index in [1.165, 1.54) is 5.56 Å². The first-order valence-corrected chi connectivity index (χ1v) is 6.17. The highest BCUT2D eigenvalue weighted by atomic mass is 35.5. The minimum Gasteiger partial charge on any atom is -0.313 e. The van der Waals surface area contributed by atoms with E-state index in [1.54, 1.807) is 11.3 Å². The highest BCUT2D eigenvalue weighted by molar-refractivity contribution is 7.11. The van der Waals surface area contributed by atoms with Crippen LogP contribution in [0.1, 0.15) is 15.6 Å². The van der Waals surface area contributed by atoms with Crippen LogP contribution in [-0.4, -0.2) is 17.2 Å². The summed E-state index contributed by atoms with van der Waals surface area (Å²) < 4.78 is 0. The molecule has 0 fully saturated rings. The standard InChI is InChI=1S/C11H12ClN3S/c1-13-7-11-15-14-10(16-11)6-8-3-2-4-9(12)5-8/h2-5,13H,6-7H2,1H3. The van der Waals surface area contributed by atoms with Crippen molar-refractivity contribution < 1.29 is 0 Å². The summed E-state index contributed by atoms with van der Waals surface area (Å²) in [5, 5.41) is 14.1. The second-order valence-corrected chi connectivity index (χ2v) is 5.01. The Balaban J connectivity index is 2.08. The minimum absolute atomic E-state index is 0.762. The van der Waals surface area contributed by atoms with E-state index >= 15 is 0 Å². The molecule has 16 heavy (non-hydrogen) atoms. The summed E-state index contributed by atoms with van der Waals surface area (Å²) >= 11 is 7.55. The molecule has 0 bridgehead atoms. The van der Waals surface area contributed by atoms with Gasteiger partial charge in [0.1, 0.15) is 10.0 Å². The van der Waals surface area contributed by atoms with Crippen molar-refractivity contribution in [2.24, 2.45) is 0 Å². The molecule has 2 aromatic rings. The molecule has 1 aromatic carbocycles. The molecule has 0 saturated heterocycles. The Kier molecular flexibility index (Phi) is 3.88. The van der Waals surface area contributed by atoms with Crippen LogP contribution in [0.3, 0.4) is 0 Å². The van der Waals surface area contributed by atoms with Gasteiger partial charge in [-0.25, -0.2) is 0 Å². The number of nitrogens with one attached hydrogen (secondary N) is 1. The summed E-state index contributed by atoms with van der Waals surface area (Å²) in [5.74, 6) is 0. The monoisotopic (exact) mass is 253 g/mol. The van der Waals surface area contributed by atoms with E-state index in [0.29, 0.717) is 0 Å². The zero-order chi connectivity index (χ0) is 11.4. The van der Waals surface area contributed by atoms with Gasteiger partial charge in [-0.15, -0.1) is 10.2 Å². The third-order valence-electron chi connectivity index (χ3n) is 2.08. The maximum atomic E-state index is 5.92. The molecule has 5 heteroatoms. The Bertz CT molecular complexity index is 470. The van der Waals surface area contributed by atoms with Crippen molar-refractivity contribution in [3.8, 4) is 0 Å². The highest BCUT2D eigenvalue weighted by Gasteiger charge is 2.04. The fourth-order valence-electron chi connectivity index (χ4n) is 1.40. The summed E-state index contributed by atoms with van der Waals surface area (Å²) in [6.45, 7) is 0.771. The van der Waals surface area contributed by atoms with Crippen molar-refractivity contribution in [1.82, 2.24) is 15.5 Å². The van der Waals surface area contributed by atoms with Gasteiger partial charge in [-0.1, -0.05) is 35.1 Å². The Morgan fingerprint density at radius 1 is 1.31 bits per heavy atom. The second-order valence-electron chi connectivity index (χ2n) is 3.43. The fourth-order valence-corrected chi connectivity index (χ4v) is 2.51. The summed E-state index contributed by atoms with van der Waals surface area (Å²) in [5.41, 5.74) is 1.17. The van der Waals surface area contributed by atoms with E-state index in [-0.39, 0.29) is 0 Å². The first-order valence-electron chi connectivity index (χ1n) is 4.98. The Labute approximate surface area is 103 Å². The first-order chi connectivity index (χ1) is 7.78. The van der Waals surface area contributed by atoms with E-state index < -0.39 is 0 Å². The van der Waals surface area contributed by atoms with E-state index in [2.05, 4.69) is 15.5 Å². The molecule has 0 amide bonds. The van der Waals surface area contributed by atoms with Crippen molar-refractivity contribution in [3.63, 3.8) is 0 Å². The summed E-state index contributed by atoms with van der Waals surface area (Å²) in [4.78, 5) is 0. The molecule has 0 spiro atoms. The summed E-state index contributed by atoms with van der Waals surface area (Å²) in [7, 11) is 1.90. The first kappa shape index (κ1) is 11.5. The van der Waals surface area contributed by atoms with Crippen LogP contribution in [0, 0.1) is 0 Å². The lowest BCUT2D eigenvalue weighted by Crippen LogP contribution is -2.04. The lowest BCUT2D eigenvalue weighted by atomic mass is 10.2. The number of halogens is 1. The van der Waals surface area contributed by atoms with Crippen LogP contribution in [0.2, 0.25) is 5.02 Å². The molecule has 0 unspecified atom stereocenters. The van der Waals surface area contributed by atoms with Crippen LogP contribution in [-0.2, 0) is 13.0 Å². The Morgan fingerprint density at radius 3 is 2.88 bits per heavy atom. The zero-order valence-corrected chi connectivity index (χ0v) is 10.5. The number of benzene rings is 1. The van der Waals surface area contributed by atoms with Gasteiger partial charge in [-0.3, -0.25) is 0 Å². The van der Waals surface area contributed by atoms with Crippen molar-refractivity contribution in [2.45, 2.75) is 13.0 Å². The molecule has 0 aliphatic carbocycles. The molecule has 0 radical (unpaired) electrons. The Hall–Kier alpha value is -0.970. The van der Waals surface area contributed by atoms with Crippen molar-refractivity contribution in [2.75, 3.05) is 7.05 Å². The molecular weight excluding hydrogens is 242 g/mol. The largest absolute Gasteiger partial charge is 0.313 e. The van der Waals surface area contributed by atoms with E-state index in [1.807, 2.05) is 31.3 Å². The number of nitrogens with zero attached hydrogens (tertiary/aromatic N) is 2. The third-order valence-corrected chi connectivity index (χ3v) is 3.24. The van der Waals surface area contributed by atoms with Crippen molar-refractivity contribution in [1.29, 1.82) is 0 Å². The predicted molar refractivity (Wildman–Crippen MR) is 66.9 cm³/mol.